The first kappa shape index (κ1) is 21.1. The molecule has 2 saturated heterocycles. The standard InChI is InChI=1S/C29H39NO3/c31-23-13-14-29(32-17-5-8-20-6-2-1-3-7-20)25-18-22-9-4-10-24-26(22)28(29,27(23)33-24)15-16-30(25)19-21-11-12-21/h1-3,6-7,21-22,24-27H,4-5,8-19H2/t22?,24?,25?,26?,27-,28-,29+/m0/s1. The maximum absolute atomic E-state index is 13.3. The average molecular weight is 450 g/mol. The molecule has 1 aromatic carbocycles. The maximum Gasteiger partial charge on any atom is 0.162 e. The Morgan fingerprint density at radius 2 is 1.97 bits per heavy atom. The molecule has 0 N–H and O–H groups in total. The van der Waals surface area contributed by atoms with Crippen LogP contribution >= 0.6 is 0 Å². The molecule has 2 aliphatic heterocycles. The lowest BCUT2D eigenvalue weighted by molar-refractivity contribution is -0.271. The number of hydrogen-bond donors (Lipinski definition) is 0. The van der Waals surface area contributed by atoms with Crippen molar-refractivity contribution in [3.05, 3.63) is 35.9 Å². The number of ether oxygens (including phenoxy) is 2. The summed E-state index contributed by atoms with van der Waals surface area (Å²) in [6.07, 6.45) is 12.7. The highest BCUT2D eigenvalue weighted by molar-refractivity contribution is 5.86. The Kier molecular flexibility index (Phi) is 5.04. The Hall–Kier alpha value is -1.23. The van der Waals surface area contributed by atoms with Gasteiger partial charge in [-0.2, -0.15) is 0 Å². The number of hydrogen-bond acceptors (Lipinski definition) is 4. The molecule has 0 amide bonds. The van der Waals surface area contributed by atoms with Crippen molar-refractivity contribution in [2.75, 3.05) is 19.7 Å². The lowest BCUT2D eigenvalue weighted by atomic mass is 9.43. The van der Waals surface area contributed by atoms with Gasteiger partial charge in [-0.15, -0.1) is 0 Å². The zero-order valence-electron chi connectivity index (χ0n) is 19.9. The molecule has 4 saturated carbocycles. The first-order chi connectivity index (χ1) is 16.2. The van der Waals surface area contributed by atoms with Crippen LogP contribution in [-0.2, 0) is 20.7 Å². The number of carbonyl (C=O) groups excluding carboxylic acids is 1. The van der Waals surface area contributed by atoms with Gasteiger partial charge in [0.15, 0.2) is 5.78 Å². The van der Waals surface area contributed by atoms with Crippen molar-refractivity contribution in [1.82, 2.24) is 4.90 Å². The smallest absolute Gasteiger partial charge is 0.162 e. The van der Waals surface area contributed by atoms with E-state index in [1.807, 2.05) is 0 Å². The summed E-state index contributed by atoms with van der Waals surface area (Å²) < 4.78 is 13.9. The fraction of sp³-hybridized carbons (Fsp3) is 0.759. The van der Waals surface area contributed by atoms with Crippen molar-refractivity contribution in [2.45, 2.75) is 94.5 Å². The Labute approximate surface area is 198 Å². The van der Waals surface area contributed by atoms with E-state index in [1.54, 1.807) is 0 Å². The van der Waals surface area contributed by atoms with Gasteiger partial charge in [-0.1, -0.05) is 36.8 Å². The lowest BCUT2D eigenvalue weighted by Crippen LogP contribution is -2.78. The summed E-state index contributed by atoms with van der Waals surface area (Å²) in [4.78, 5) is 16.1. The Bertz CT molecular complexity index is 899. The molecule has 1 aromatic rings. The van der Waals surface area contributed by atoms with Crippen molar-refractivity contribution in [3.63, 3.8) is 0 Å². The monoisotopic (exact) mass is 449 g/mol. The van der Waals surface area contributed by atoms with Gasteiger partial charge in [0.1, 0.15) is 6.10 Å². The predicted octanol–water partition coefficient (Wildman–Crippen LogP) is 4.80. The van der Waals surface area contributed by atoms with E-state index >= 15 is 0 Å². The molecule has 7 rings (SSSR count). The minimum Gasteiger partial charge on any atom is -0.373 e. The van der Waals surface area contributed by atoms with E-state index < -0.39 is 0 Å². The summed E-state index contributed by atoms with van der Waals surface area (Å²) in [6, 6.07) is 11.3. The van der Waals surface area contributed by atoms with Crippen LogP contribution in [-0.4, -0.2) is 54.2 Å². The van der Waals surface area contributed by atoms with Crippen LogP contribution in [0.15, 0.2) is 30.3 Å². The molecule has 6 fully saturated rings. The SMILES string of the molecule is O=C1CC[C@@]2(OCCCc3ccccc3)C3CC4CCCC5O[C@@H]1[C@]2(CCN3CC1CC1)C45. The van der Waals surface area contributed by atoms with Crippen LogP contribution in [0.5, 0.6) is 0 Å². The second-order valence-electron chi connectivity index (χ2n) is 12.0. The summed E-state index contributed by atoms with van der Waals surface area (Å²) in [5.74, 6) is 2.52. The molecule has 4 nitrogen and oxygen atoms in total. The van der Waals surface area contributed by atoms with Crippen LogP contribution in [0.4, 0.5) is 0 Å². The van der Waals surface area contributed by atoms with Crippen molar-refractivity contribution < 1.29 is 14.3 Å². The van der Waals surface area contributed by atoms with Crippen molar-refractivity contribution in [2.24, 2.45) is 23.2 Å². The number of piperidine rings is 1. The van der Waals surface area contributed by atoms with E-state index in [0.717, 1.165) is 51.2 Å². The van der Waals surface area contributed by atoms with Crippen molar-refractivity contribution in [3.8, 4) is 0 Å². The Morgan fingerprint density at radius 3 is 2.82 bits per heavy atom. The molecule has 0 radical (unpaired) electrons. The maximum atomic E-state index is 13.3. The summed E-state index contributed by atoms with van der Waals surface area (Å²) >= 11 is 0. The van der Waals surface area contributed by atoms with Crippen LogP contribution in [0.25, 0.3) is 0 Å². The normalized spacial score (nSPS) is 44.0. The van der Waals surface area contributed by atoms with E-state index in [-0.39, 0.29) is 17.1 Å². The highest BCUT2D eigenvalue weighted by Crippen LogP contribution is 2.70. The van der Waals surface area contributed by atoms with Gasteiger partial charge in [0.05, 0.1) is 11.7 Å². The number of aryl methyl sites for hydroxylation is 1. The average Bonchev–Trinajstić information content (AvgIpc) is 3.59. The topological polar surface area (TPSA) is 38.8 Å². The zero-order chi connectivity index (χ0) is 22.0. The number of benzene rings is 1. The largest absolute Gasteiger partial charge is 0.373 e. The third-order valence-corrected chi connectivity index (χ3v) is 10.5. The molecular formula is C29H39NO3. The van der Waals surface area contributed by atoms with Crippen molar-refractivity contribution >= 4 is 5.78 Å². The first-order valence-corrected chi connectivity index (χ1v) is 13.8. The molecule has 2 heterocycles. The van der Waals surface area contributed by atoms with Crippen LogP contribution < -0.4 is 0 Å². The van der Waals surface area contributed by atoms with Gasteiger partial charge in [-0.05, 0) is 87.6 Å². The Balaban J connectivity index is 1.22. The van der Waals surface area contributed by atoms with Crippen LogP contribution in [0.2, 0.25) is 0 Å². The molecule has 4 aliphatic carbocycles. The quantitative estimate of drug-likeness (QED) is 0.561. The second kappa shape index (κ2) is 7.90. The van der Waals surface area contributed by atoms with E-state index in [1.165, 1.54) is 44.2 Å². The fourth-order valence-electron chi connectivity index (χ4n) is 9.14. The minimum absolute atomic E-state index is 0.0756. The molecule has 4 unspecified atom stereocenters. The molecule has 1 spiro atoms. The number of rotatable bonds is 7. The van der Waals surface area contributed by atoms with Crippen LogP contribution in [0, 0.1) is 23.2 Å². The summed E-state index contributed by atoms with van der Waals surface area (Å²) in [5.41, 5.74) is 1.13. The van der Waals surface area contributed by atoms with E-state index in [2.05, 4.69) is 35.2 Å². The predicted molar refractivity (Wildman–Crippen MR) is 127 cm³/mol. The molecule has 0 aromatic heterocycles. The zero-order valence-corrected chi connectivity index (χ0v) is 19.9. The molecule has 7 atom stereocenters. The van der Waals surface area contributed by atoms with Gasteiger partial charge in [0.2, 0.25) is 0 Å². The molecule has 4 heteroatoms. The van der Waals surface area contributed by atoms with Gasteiger partial charge >= 0.3 is 0 Å². The molecule has 6 aliphatic rings. The lowest BCUT2D eigenvalue weighted by Gasteiger charge is -2.68. The van der Waals surface area contributed by atoms with Gasteiger partial charge < -0.3 is 9.47 Å². The Morgan fingerprint density at radius 1 is 1.09 bits per heavy atom. The number of ketones is 1. The van der Waals surface area contributed by atoms with Gasteiger partial charge in [-0.3, -0.25) is 9.69 Å². The van der Waals surface area contributed by atoms with E-state index in [9.17, 15) is 4.79 Å². The molecular weight excluding hydrogens is 410 g/mol. The van der Waals surface area contributed by atoms with E-state index in [0.29, 0.717) is 36.2 Å². The van der Waals surface area contributed by atoms with Crippen molar-refractivity contribution in [1.29, 1.82) is 0 Å². The summed E-state index contributed by atoms with van der Waals surface area (Å²) in [6.45, 7) is 3.18. The number of carbonyl (C=O) groups is 1. The molecule has 33 heavy (non-hydrogen) atoms. The second-order valence-corrected chi connectivity index (χ2v) is 12.0. The van der Waals surface area contributed by atoms with Crippen LogP contribution in [0.1, 0.15) is 69.8 Å². The highest BCUT2D eigenvalue weighted by Gasteiger charge is 2.77. The molecule has 2 bridgehead atoms. The summed E-state index contributed by atoms with van der Waals surface area (Å²) in [5, 5.41) is 0. The minimum atomic E-state index is -0.207. The number of Topliss-reactive ketones (excluding diaryl/α,β-unsaturated/α-hetero) is 1. The fourth-order valence-corrected chi connectivity index (χ4v) is 9.14. The van der Waals surface area contributed by atoms with Gasteiger partial charge in [0.25, 0.3) is 0 Å². The first-order valence-electron chi connectivity index (χ1n) is 13.8. The van der Waals surface area contributed by atoms with E-state index in [4.69, 9.17) is 9.47 Å². The number of likely N-dealkylation sites (tertiary alicyclic amines) is 1. The van der Waals surface area contributed by atoms with Crippen LogP contribution in [0.3, 0.4) is 0 Å². The van der Waals surface area contributed by atoms with Gasteiger partial charge in [-0.25, -0.2) is 0 Å². The highest BCUT2D eigenvalue weighted by atomic mass is 16.5. The molecule has 178 valence electrons. The van der Waals surface area contributed by atoms with Gasteiger partial charge in [0, 0.05) is 31.0 Å². The number of nitrogens with zero attached hydrogens (tertiary/aromatic N) is 1. The summed E-state index contributed by atoms with van der Waals surface area (Å²) in [7, 11) is 0. The third-order valence-electron chi connectivity index (χ3n) is 10.5. The third kappa shape index (κ3) is 3.09.